The highest BCUT2D eigenvalue weighted by Gasteiger charge is 2.25. The minimum absolute atomic E-state index is 0.367. The molecule has 0 aromatic rings. The van der Waals surface area contributed by atoms with Crippen LogP contribution in [-0.2, 0) is 9.47 Å². The van der Waals surface area contributed by atoms with Crippen molar-refractivity contribution in [3.63, 3.8) is 0 Å². The molecule has 1 aliphatic carbocycles. The van der Waals surface area contributed by atoms with Gasteiger partial charge in [0.15, 0.2) is 0 Å². The minimum atomic E-state index is 0.367. The first-order chi connectivity index (χ1) is 7.88. The van der Waals surface area contributed by atoms with Gasteiger partial charge in [0, 0.05) is 17.8 Å². The predicted octanol–water partition coefficient (Wildman–Crippen LogP) is 2.01. The van der Waals surface area contributed by atoms with Crippen molar-refractivity contribution in [2.24, 2.45) is 0 Å². The Bertz CT molecular complexity index is 197. The predicted molar refractivity (Wildman–Crippen MR) is 67.9 cm³/mol. The zero-order chi connectivity index (χ0) is 11.2. The zero-order valence-electron chi connectivity index (χ0n) is 10.1. The Hall–Kier alpha value is 0.230. The summed E-state index contributed by atoms with van der Waals surface area (Å²) in [6.07, 6.45) is 5.45. The molecule has 1 heterocycles. The summed E-state index contributed by atoms with van der Waals surface area (Å²) in [5.41, 5.74) is 0. The Balaban J connectivity index is 1.59. The highest BCUT2D eigenvalue weighted by Crippen LogP contribution is 2.29. The van der Waals surface area contributed by atoms with Crippen LogP contribution in [0.15, 0.2) is 0 Å². The first-order valence-corrected chi connectivity index (χ1v) is 7.47. The molecule has 94 valence electrons. The monoisotopic (exact) mass is 245 g/mol. The third-order valence-electron chi connectivity index (χ3n) is 3.39. The number of hydrogen-bond donors (Lipinski definition) is 1. The minimum Gasteiger partial charge on any atom is -0.355 e. The molecule has 3 unspecified atom stereocenters. The average Bonchev–Trinajstić information content (AvgIpc) is 2.76. The van der Waals surface area contributed by atoms with Crippen molar-refractivity contribution >= 4 is 11.8 Å². The molecule has 1 N–H and O–H groups in total. The summed E-state index contributed by atoms with van der Waals surface area (Å²) in [5, 5.41) is 4.53. The Morgan fingerprint density at radius 2 is 2.25 bits per heavy atom. The number of hydrogen-bond acceptors (Lipinski definition) is 4. The Labute approximate surface area is 103 Å². The van der Waals surface area contributed by atoms with Crippen molar-refractivity contribution in [1.82, 2.24) is 5.32 Å². The molecular weight excluding hydrogens is 222 g/mol. The molecular formula is C12H23NO2S. The van der Waals surface area contributed by atoms with Crippen molar-refractivity contribution in [2.75, 3.05) is 25.7 Å². The summed E-state index contributed by atoms with van der Waals surface area (Å²) in [4.78, 5) is 0. The second-order valence-corrected chi connectivity index (χ2v) is 6.18. The summed E-state index contributed by atoms with van der Waals surface area (Å²) >= 11 is 2.11. The molecule has 2 rings (SSSR count). The number of nitrogens with one attached hydrogen (secondary N) is 1. The van der Waals surface area contributed by atoms with Crippen LogP contribution in [0.25, 0.3) is 0 Å². The molecule has 4 heteroatoms. The summed E-state index contributed by atoms with van der Waals surface area (Å²) in [7, 11) is 0. The average molecular weight is 245 g/mol. The summed E-state index contributed by atoms with van der Waals surface area (Å²) in [6.45, 7) is 4.58. The van der Waals surface area contributed by atoms with Gasteiger partial charge in [-0.2, -0.15) is 11.8 Å². The first-order valence-electron chi connectivity index (χ1n) is 6.42. The molecule has 0 aromatic heterocycles. The van der Waals surface area contributed by atoms with Gasteiger partial charge in [0.05, 0.1) is 12.7 Å². The molecule has 2 fully saturated rings. The molecule has 0 aromatic carbocycles. The van der Waals surface area contributed by atoms with Crippen LogP contribution in [0.1, 0.15) is 32.6 Å². The molecule has 0 bridgehead atoms. The topological polar surface area (TPSA) is 30.5 Å². The van der Waals surface area contributed by atoms with Gasteiger partial charge in [0.2, 0.25) is 0 Å². The van der Waals surface area contributed by atoms with Crippen LogP contribution >= 0.6 is 11.8 Å². The van der Waals surface area contributed by atoms with Crippen LogP contribution in [0.4, 0.5) is 0 Å². The molecule has 2 aliphatic rings. The van der Waals surface area contributed by atoms with Gasteiger partial charge in [-0.25, -0.2) is 0 Å². The van der Waals surface area contributed by atoms with Gasteiger partial charge in [-0.1, -0.05) is 6.92 Å². The van der Waals surface area contributed by atoms with Crippen LogP contribution in [0.2, 0.25) is 0 Å². The zero-order valence-corrected chi connectivity index (χ0v) is 10.9. The third-order valence-corrected chi connectivity index (χ3v) is 4.63. The second-order valence-electron chi connectivity index (χ2n) is 4.60. The highest BCUT2D eigenvalue weighted by atomic mass is 32.2. The van der Waals surface area contributed by atoms with Crippen molar-refractivity contribution in [3.8, 4) is 0 Å². The first kappa shape index (κ1) is 12.7. The SMILES string of the molecule is CCSC1CCC(NCC2CCOCO2)C1. The lowest BCUT2D eigenvalue weighted by molar-refractivity contribution is -0.137. The fourth-order valence-electron chi connectivity index (χ4n) is 2.47. The number of ether oxygens (including phenoxy) is 2. The van der Waals surface area contributed by atoms with Crippen molar-refractivity contribution in [3.05, 3.63) is 0 Å². The van der Waals surface area contributed by atoms with Crippen LogP contribution in [-0.4, -0.2) is 43.1 Å². The molecule has 16 heavy (non-hydrogen) atoms. The van der Waals surface area contributed by atoms with Crippen molar-refractivity contribution < 1.29 is 9.47 Å². The Morgan fingerprint density at radius 1 is 1.31 bits per heavy atom. The lowest BCUT2D eigenvalue weighted by atomic mass is 10.2. The van der Waals surface area contributed by atoms with Gasteiger partial charge in [0.25, 0.3) is 0 Å². The van der Waals surface area contributed by atoms with E-state index in [1.165, 1.54) is 25.0 Å². The summed E-state index contributed by atoms with van der Waals surface area (Å²) in [5.74, 6) is 1.25. The maximum absolute atomic E-state index is 5.52. The van der Waals surface area contributed by atoms with Gasteiger partial charge >= 0.3 is 0 Å². The van der Waals surface area contributed by atoms with Gasteiger partial charge in [-0.05, 0) is 31.4 Å². The van der Waals surface area contributed by atoms with E-state index >= 15 is 0 Å². The summed E-state index contributed by atoms with van der Waals surface area (Å²) in [6, 6.07) is 0.718. The number of thioether (sulfide) groups is 1. The maximum atomic E-state index is 5.52. The maximum Gasteiger partial charge on any atom is 0.147 e. The van der Waals surface area contributed by atoms with E-state index in [4.69, 9.17) is 9.47 Å². The van der Waals surface area contributed by atoms with E-state index in [-0.39, 0.29) is 0 Å². The molecule has 0 radical (unpaired) electrons. The molecule has 0 spiro atoms. The fourth-order valence-corrected chi connectivity index (χ4v) is 3.62. The summed E-state index contributed by atoms with van der Waals surface area (Å²) < 4.78 is 10.7. The van der Waals surface area contributed by atoms with Crippen LogP contribution < -0.4 is 5.32 Å². The molecule has 1 saturated heterocycles. The second kappa shape index (κ2) is 6.84. The van der Waals surface area contributed by atoms with Crippen molar-refractivity contribution in [2.45, 2.75) is 50.0 Å². The highest BCUT2D eigenvalue weighted by molar-refractivity contribution is 7.99. The Morgan fingerprint density at radius 3 is 3.00 bits per heavy atom. The van der Waals surface area contributed by atoms with E-state index in [2.05, 4.69) is 24.0 Å². The van der Waals surface area contributed by atoms with Gasteiger partial charge in [0.1, 0.15) is 6.79 Å². The van der Waals surface area contributed by atoms with E-state index < -0.39 is 0 Å². The molecule has 1 aliphatic heterocycles. The van der Waals surface area contributed by atoms with Gasteiger partial charge < -0.3 is 14.8 Å². The third kappa shape index (κ3) is 3.91. The molecule has 3 nitrogen and oxygen atoms in total. The smallest absolute Gasteiger partial charge is 0.147 e. The molecule has 0 amide bonds. The lowest BCUT2D eigenvalue weighted by Gasteiger charge is -2.24. The standard InChI is InChI=1S/C12H23NO2S/c1-2-16-12-4-3-10(7-12)13-8-11-5-6-14-9-15-11/h10-13H,2-9H2,1H3. The van der Waals surface area contributed by atoms with Crippen LogP contribution in [0, 0.1) is 0 Å². The van der Waals surface area contributed by atoms with E-state index in [1.54, 1.807) is 0 Å². The lowest BCUT2D eigenvalue weighted by Crippen LogP contribution is -2.38. The van der Waals surface area contributed by atoms with Gasteiger partial charge in [-0.3, -0.25) is 0 Å². The van der Waals surface area contributed by atoms with Crippen LogP contribution in [0.3, 0.4) is 0 Å². The van der Waals surface area contributed by atoms with E-state index in [1.807, 2.05) is 0 Å². The molecule has 1 saturated carbocycles. The van der Waals surface area contributed by atoms with E-state index in [0.29, 0.717) is 12.9 Å². The van der Waals surface area contributed by atoms with E-state index in [0.717, 1.165) is 30.9 Å². The van der Waals surface area contributed by atoms with E-state index in [9.17, 15) is 0 Å². The number of rotatable bonds is 5. The molecule has 3 atom stereocenters. The Kier molecular flexibility index (Phi) is 5.42. The van der Waals surface area contributed by atoms with Crippen molar-refractivity contribution in [1.29, 1.82) is 0 Å². The quantitative estimate of drug-likeness (QED) is 0.802. The largest absolute Gasteiger partial charge is 0.355 e. The van der Waals surface area contributed by atoms with Gasteiger partial charge in [-0.15, -0.1) is 0 Å². The fraction of sp³-hybridized carbons (Fsp3) is 1.00. The normalized spacial score (nSPS) is 35.4. The van der Waals surface area contributed by atoms with Crippen LogP contribution in [0.5, 0.6) is 0 Å².